The van der Waals surface area contributed by atoms with Crippen LogP contribution in [0.3, 0.4) is 0 Å². The van der Waals surface area contributed by atoms with E-state index in [0.29, 0.717) is 30.4 Å². The van der Waals surface area contributed by atoms with Gasteiger partial charge in [-0.25, -0.2) is 9.97 Å². The fraction of sp³-hybridized carbons (Fsp3) is 0.222. The molecule has 2 aromatic heterocycles. The van der Waals surface area contributed by atoms with Crippen LogP contribution in [0, 0.1) is 0 Å². The summed E-state index contributed by atoms with van der Waals surface area (Å²) in [6.45, 7) is 0.572. The first kappa shape index (κ1) is 25.3. The molecule has 0 saturated heterocycles. The maximum absolute atomic E-state index is 13.3. The molecule has 11 heteroatoms. The summed E-state index contributed by atoms with van der Waals surface area (Å²) in [6.07, 6.45) is 2.27. The molecular formula is C27H27N7O3S. The molecule has 4 aromatic rings. The number of carbonyl (C=O) groups excluding carboxylic acids is 2. The van der Waals surface area contributed by atoms with E-state index in [1.165, 1.54) is 11.8 Å². The monoisotopic (exact) mass is 529 g/mol. The molecule has 1 aliphatic rings. The van der Waals surface area contributed by atoms with Crippen molar-refractivity contribution in [3.05, 3.63) is 89.6 Å². The van der Waals surface area contributed by atoms with Gasteiger partial charge in [-0.3, -0.25) is 14.7 Å². The Kier molecular flexibility index (Phi) is 7.55. The molecule has 3 heterocycles. The Balaban J connectivity index is 1.22. The summed E-state index contributed by atoms with van der Waals surface area (Å²) in [4.78, 5) is 37.4. The number of amides is 2. The lowest BCUT2D eigenvalue weighted by Crippen LogP contribution is -2.48. The Bertz CT molecular complexity index is 1430. The molecule has 2 amide bonds. The van der Waals surface area contributed by atoms with E-state index in [0.717, 1.165) is 27.5 Å². The van der Waals surface area contributed by atoms with Crippen molar-refractivity contribution in [3.63, 3.8) is 0 Å². The first-order chi connectivity index (χ1) is 18.5. The average Bonchev–Trinajstić information content (AvgIpc) is 3.39. The van der Waals surface area contributed by atoms with Crippen LogP contribution in [0.15, 0.2) is 71.8 Å². The second kappa shape index (κ2) is 11.3. The van der Waals surface area contributed by atoms with E-state index in [2.05, 4.69) is 30.8 Å². The molecule has 2 aromatic carbocycles. The van der Waals surface area contributed by atoms with Crippen molar-refractivity contribution in [1.29, 1.82) is 0 Å². The minimum atomic E-state index is -0.739. The fourth-order valence-corrected chi connectivity index (χ4v) is 5.07. The zero-order chi connectivity index (χ0) is 26.5. The first-order valence-electron chi connectivity index (χ1n) is 12.0. The van der Waals surface area contributed by atoms with Gasteiger partial charge in [0.2, 0.25) is 11.7 Å². The predicted molar refractivity (Wildman–Crippen MR) is 146 cm³/mol. The lowest BCUT2D eigenvalue weighted by molar-refractivity contribution is -0.119. The number of hydrogen-bond acceptors (Lipinski definition) is 8. The van der Waals surface area contributed by atoms with Crippen LogP contribution >= 0.6 is 11.8 Å². The Morgan fingerprint density at radius 2 is 1.95 bits per heavy atom. The molecule has 0 aliphatic carbocycles. The average molecular weight is 530 g/mol. The van der Waals surface area contributed by atoms with Gasteiger partial charge in [0.15, 0.2) is 0 Å². The Labute approximate surface area is 224 Å². The molecule has 10 nitrogen and oxygen atoms in total. The number of aromatic amines is 1. The van der Waals surface area contributed by atoms with Crippen molar-refractivity contribution in [2.24, 2.45) is 0 Å². The van der Waals surface area contributed by atoms with Crippen LogP contribution < -0.4 is 20.3 Å². The number of methoxy groups -OCH3 is 1. The standard InChI is InChI=1S/C27H27N7O3S/c1-34-21-13-23(28-14-18-8-10-19(37-2)11-9-18)29-15-22(21)38-16-20(27(34)36)30-26(35)25-31-24(32-33-25)12-17-6-4-3-5-7-17/h3-11,13,15,20H,12,14,16H2,1-2H3,(H,28,29)(H,30,35)(H,31,32,33)/t20-/m0/s1. The molecule has 0 spiro atoms. The van der Waals surface area contributed by atoms with Gasteiger partial charge in [0.1, 0.15) is 23.4 Å². The van der Waals surface area contributed by atoms with E-state index >= 15 is 0 Å². The Hall–Kier alpha value is -4.38. The smallest absolute Gasteiger partial charge is 0.291 e. The highest BCUT2D eigenvalue weighted by Crippen LogP contribution is 2.34. The van der Waals surface area contributed by atoms with Crippen LogP contribution in [0.1, 0.15) is 27.6 Å². The summed E-state index contributed by atoms with van der Waals surface area (Å²) < 4.78 is 5.20. The van der Waals surface area contributed by atoms with Crippen molar-refractivity contribution in [2.45, 2.75) is 23.9 Å². The quantitative estimate of drug-likeness (QED) is 0.318. The number of ether oxygens (including phenoxy) is 1. The third kappa shape index (κ3) is 5.78. The molecule has 1 aliphatic heterocycles. The van der Waals surface area contributed by atoms with Gasteiger partial charge in [-0.1, -0.05) is 42.5 Å². The molecule has 5 rings (SSSR count). The molecule has 0 fully saturated rings. The van der Waals surface area contributed by atoms with E-state index in [1.54, 1.807) is 25.3 Å². The predicted octanol–water partition coefficient (Wildman–Crippen LogP) is 3.28. The molecule has 0 saturated carbocycles. The summed E-state index contributed by atoms with van der Waals surface area (Å²) in [5, 5.41) is 13.0. The zero-order valence-electron chi connectivity index (χ0n) is 21.0. The number of nitrogens with one attached hydrogen (secondary N) is 3. The van der Waals surface area contributed by atoms with Crippen LogP contribution in [0.4, 0.5) is 11.5 Å². The molecule has 0 unspecified atom stereocenters. The molecule has 0 radical (unpaired) electrons. The highest BCUT2D eigenvalue weighted by atomic mass is 32.2. The number of likely N-dealkylation sites (N-methyl/N-ethyl adjacent to an activating group) is 1. The SMILES string of the molecule is COc1ccc(CNc2cc3c(cn2)SC[C@H](NC(=O)c2n[nH]c(Cc4ccccc4)n2)C(=O)N3C)cc1. The minimum absolute atomic E-state index is 0.00447. The third-order valence-electron chi connectivity index (χ3n) is 6.13. The summed E-state index contributed by atoms with van der Waals surface area (Å²) in [5.41, 5.74) is 2.85. The summed E-state index contributed by atoms with van der Waals surface area (Å²) >= 11 is 1.47. The van der Waals surface area contributed by atoms with E-state index in [4.69, 9.17) is 4.74 Å². The number of hydrogen-bond donors (Lipinski definition) is 3. The molecule has 1 atom stereocenters. The van der Waals surface area contributed by atoms with Crippen molar-refractivity contribution in [1.82, 2.24) is 25.5 Å². The highest BCUT2D eigenvalue weighted by Gasteiger charge is 2.31. The number of aromatic nitrogens is 4. The normalized spacial score (nSPS) is 14.9. The van der Waals surface area contributed by atoms with Gasteiger partial charge in [-0.05, 0) is 23.3 Å². The second-order valence-electron chi connectivity index (χ2n) is 8.74. The van der Waals surface area contributed by atoms with Gasteiger partial charge in [0, 0.05) is 42.9 Å². The molecular weight excluding hydrogens is 502 g/mol. The molecule has 38 heavy (non-hydrogen) atoms. The van der Waals surface area contributed by atoms with Crippen molar-refractivity contribution >= 4 is 35.1 Å². The summed E-state index contributed by atoms with van der Waals surface area (Å²) in [5.74, 6) is 1.66. The summed E-state index contributed by atoms with van der Waals surface area (Å²) in [6, 6.07) is 18.7. The Morgan fingerprint density at radius 1 is 1.16 bits per heavy atom. The van der Waals surface area contributed by atoms with Crippen LogP contribution in [-0.2, 0) is 17.8 Å². The number of pyridine rings is 1. The van der Waals surface area contributed by atoms with E-state index in [1.807, 2.05) is 60.7 Å². The van der Waals surface area contributed by atoms with Crippen molar-refractivity contribution in [2.75, 3.05) is 30.1 Å². The maximum atomic E-state index is 13.3. The number of H-pyrrole nitrogens is 1. The van der Waals surface area contributed by atoms with Gasteiger partial charge in [0.05, 0.1) is 12.8 Å². The van der Waals surface area contributed by atoms with Gasteiger partial charge in [0.25, 0.3) is 5.91 Å². The van der Waals surface area contributed by atoms with E-state index < -0.39 is 11.9 Å². The molecule has 3 N–H and O–H groups in total. The minimum Gasteiger partial charge on any atom is -0.497 e. The lowest BCUT2D eigenvalue weighted by atomic mass is 10.1. The first-order valence-corrected chi connectivity index (χ1v) is 13.0. The molecule has 0 bridgehead atoms. The Morgan fingerprint density at radius 3 is 2.71 bits per heavy atom. The second-order valence-corrected chi connectivity index (χ2v) is 9.80. The third-order valence-corrected chi connectivity index (χ3v) is 7.26. The van der Waals surface area contributed by atoms with E-state index in [-0.39, 0.29) is 11.7 Å². The van der Waals surface area contributed by atoms with Crippen molar-refractivity contribution < 1.29 is 14.3 Å². The molecule has 194 valence electrons. The fourth-order valence-electron chi connectivity index (χ4n) is 4.03. The number of nitrogens with zero attached hydrogens (tertiary/aromatic N) is 4. The summed E-state index contributed by atoms with van der Waals surface area (Å²) in [7, 11) is 3.33. The number of carbonyl (C=O) groups is 2. The largest absolute Gasteiger partial charge is 0.497 e. The number of rotatable bonds is 8. The number of thioether (sulfide) groups is 1. The van der Waals surface area contributed by atoms with E-state index in [9.17, 15) is 9.59 Å². The number of benzene rings is 2. The topological polar surface area (TPSA) is 125 Å². The van der Waals surface area contributed by atoms with Crippen molar-refractivity contribution in [3.8, 4) is 5.75 Å². The van der Waals surface area contributed by atoms with Gasteiger partial charge in [-0.2, -0.15) is 0 Å². The number of anilines is 2. The van der Waals surface area contributed by atoms with Gasteiger partial charge < -0.3 is 20.3 Å². The van der Waals surface area contributed by atoms with Gasteiger partial charge >= 0.3 is 0 Å². The van der Waals surface area contributed by atoms with Crippen LogP contribution in [0.2, 0.25) is 0 Å². The lowest BCUT2D eigenvalue weighted by Gasteiger charge is -2.21. The van der Waals surface area contributed by atoms with Crippen LogP contribution in [0.25, 0.3) is 0 Å². The maximum Gasteiger partial charge on any atom is 0.291 e. The number of fused-ring (bicyclic) bond motifs is 1. The zero-order valence-corrected chi connectivity index (χ0v) is 21.8. The van der Waals surface area contributed by atoms with Crippen LogP contribution in [0.5, 0.6) is 5.75 Å². The van der Waals surface area contributed by atoms with Gasteiger partial charge in [-0.15, -0.1) is 16.9 Å². The highest BCUT2D eigenvalue weighted by molar-refractivity contribution is 7.99. The van der Waals surface area contributed by atoms with Crippen LogP contribution in [-0.4, -0.2) is 57.9 Å².